The van der Waals surface area contributed by atoms with Crippen LogP contribution in [0.3, 0.4) is 0 Å². The third kappa shape index (κ3) is 4.82. The SMILES string of the molecule is COC1CCC(NC(=O)C(=O)c2c(C)c(C(=O)Nc3ccc(F)nc3)c(C)n2C)CC1. The van der Waals surface area contributed by atoms with Crippen molar-refractivity contribution in [3.8, 4) is 0 Å². The third-order valence-electron chi connectivity index (χ3n) is 5.91. The molecule has 1 fully saturated rings. The number of Topliss-reactive ketones (excluding diaryl/α,β-unsaturated/α-hetero) is 1. The number of methoxy groups -OCH3 is 1. The number of aromatic nitrogens is 2. The Labute approximate surface area is 180 Å². The highest BCUT2D eigenvalue weighted by Crippen LogP contribution is 2.24. The Hall–Kier alpha value is -3.07. The number of carbonyl (C=O) groups is 3. The van der Waals surface area contributed by atoms with Gasteiger partial charge in [0.25, 0.3) is 17.6 Å². The smallest absolute Gasteiger partial charge is 0.294 e. The lowest BCUT2D eigenvalue weighted by Gasteiger charge is -2.28. The van der Waals surface area contributed by atoms with Crippen LogP contribution in [0.4, 0.5) is 10.1 Å². The van der Waals surface area contributed by atoms with E-state index in [1.54, 1.807) is 32.6 Å². The van der Waals surface area contributed by atoms with Gasteiger partial charge in [0.15, 0.2) is 0 Å². The number of nitrogens with one attached hydrogen (secondary N) is 2. The van der Waals surface area contributed by atoms with Crippen molar-refractivity contribution in [1.29, 1.82) is 0 Å². The number of halogens is 1. The summed E-state index contributed by atoms with van der Waals surface area (Å²) in [6.07, 6.45) is 4.57. The van der Waals surface area contributed by atoms with E-state index in [2.05, 4.69) is 15.6 Å². The number of carbonyl (C=O) groups excluding carboxylic acids is 3. The van der Waals surface area contributed by atoms with Gasteiger partial charge < -0.3 is 19.9 Å². The van der Waals surface area contributed by atoms with Gasteiger partial charge >= 0.3 is 0 Å². The van der Waals surface area contributed by atoms with E-state index in [9.17, 15) is 18.8 Å². The van der Waals surface area contributed by atoms with Gasteiger partial charge in [-0.25, -0.2) is 4.98 Å². The fourth-order valence-corrected chi connectivity index (χ4v) is 4.08. The Balaban J connectivity index is 1.75. The normalized spacial score (nSPS) is 18.5. The van der Waals surface area contributed by atoms with Gasteiger partial charge in [0.05, 0.1) is 29.2 Å². The van der Waals surface area contributed by atoms with Crippen LogP contribution >= 0.6 is 0 Å². The molecule has 166 valence electrons. The molecule has 9 heteroatoms. The van der Waals surface area contributed by atoms with E-state index in [1.807, 2.05) is 0 Å². The highest BCUT2D eigenvalue weighted by molar-refractivity contribution is 6.43. The fourth-order valence-electron chi connectivity index (χ4n) is 4.08. The Morgan fingerprint density at radius 1 is 1.16 bits per heavy atom. The summed E-state index contributed by atoms with van der Waals surface area (Å²) < 4.78 is 19.9. The van der Waals surface area contributed by atoms with E-state index >= 15 is 0 Å². The van der Waals surface area contributed by atoms with Gasteiger partial charge in [-0.1, -0.05) is 0 Å². The second-order valence-corrected chi connectivity index (χ2v) is 7.83. The van der Waals surface area contributed by atoms with Gasteiger partial charge in [-0.15, -0.1) is 0 Å². The first-order valence-electron chi connectivity index (χ1n) is 10.2. The van der Waals surface area contributed by atoms with Crippen LogP contribution in [0.2, 0.25) is 0 Å². The first kappa shape index (κ1) is 22.6. The van der Waals surface area contributed by atoms with Crippen LogP contribution in [0.25, 0.3) is 0 Å². The van der Waals surface area contributed by atoms with Gasteiger partial charge in [0, 0.05) is 25.9 Å². The summed E-state index contributed by atoms with van der Waals surface area (Å²) in [7, 11) is 3.32. The standard InChI is InChI=1S/C22H27FN4O4/c1-12-18(21(29)26-15-7-10-17(23)24-11-15)13(2)27(3)19(12)20(28)22(30)25-14-5-8-16(31-4)9-6-14/h7,10-11,14,16H,5-6,8-9H2,1-4H3,(H,25,30)(H,26,29). The summed E-state index contributed by atoms with van der Waals surface area (Å²) in [6, 6.07) is 2.46. The van der Waals surface area contributed by atoms with Crippen LogP contribution in [0.5, 0.6) is 0 Å². The molecule has 1 aliphatic carbocycles. The first-order valence-corrected chi connectivity index (χ1v) is 10.2. The predicted octanol–water partition coefficient (Wildman–Crippen LogP) is 2.68. The number of anilines is 1. The van der Waals surface area contributed by atoms with E-state index in [1.165, 1.54) is 12.3 Å². The number of hydrogen-bond acceptors (Lipinski definition) is 5. The van der Waals surface area contributed by atoms with E-state index in [0.717, 1.165) is 31.7 Å². The quantitative estimate of drug-likeness (QED) is 0.417. The molecule has 2 heterocycles. The van der Waals surface area contributed by atoms with Gasteiger partial charge in [0.2, 0.25) is 5.95 Å². The summed E-state index contributed by atoms with van der Waals surface area (Å²) in [6.45, 7) is 3.33. The van der Waals surface area contributed by atoms with Crippen LogP contribution in [-0.2, 0) is 16.6 Å². The van der Waals surface area contributed by atoms with Crippen molar-refractivity contribution < 1.29 is 23.5 Å². The molecular formula is C22H27FN4O4. The maximum absolute atomic E-state index is 13.0. The molecule has 0 spiro atoms. The number of amides is 2. The Kier molecular flexibility index (Phi) is 6.84. The van der Waals surface area contributed by atoms with E-state index < -0.39 is 23.5 Å². The molecule has 1 aliphatic rings. The predicted molar refractivity (Wildman–Crippen MR) is 113 cm³/mol. The molecule has 2 N–H and O–H groups in total. The summed E-state index contributed by atoms with van der Waals surface area (Å²) in [4.78, 5) is 41.9. The number of nitrogens with zero attached hydrogens (tertiary/aromatic N) is 2. The fraction of sp³-hybridized carbons (Fsp3) is 0.455. The molecule has 0 aliphatic heterocycles. The highest BCUT2D eigenvalue weighted by Gasteiger charge is 2.30. The minimum atomic E-state index is -0.681. The van der Waals surface area contributed by atoms with Crippen molar-refractivity contribution in [2.45, 2.75) is 51.7 Å². The van der Waals surface area contributed by atoms with Crippen LogP contribution in [0.1, 0.15) is 57.8 Å². The van der Waals surface area contributed by atoms with Crippen LogP contribution < -0.4 is 10.6 Å². The van der Waals surface area contributed by atoms with Gasteiger partial charge in [-0.05, 0) is 57.2 Å². The lowest BCUT2D eigenvalue weighted by molar-refractivity contribution is -0.118. The molecular weight excluding hydrogens is 403 g/mol. The van der Waals surface area contributed by atoms with E-state index in [-0.39, 0.29) is 17.8 Å². The van der Waals surface area contributed by atoms with Crippen molar-refractivity contribution in [2.75, 3.05) is 12.4 Å². The maximum atomic E-state index is 13.0. The Morgan fingerprint density at radius 3 is 2.42 bits per heavy atom. The zero-order valence-electron chi connectivity index (χ0n) is 18.1. The Morgan fingerprint density at radius 2 is 1.84 bits per heavy atom. The second kappa shape index (κ2) is 9.38. The molecule has 2 amide bonds. The molecule has 2 aromatic heterocycles. The minimum absolute atomic E-state index is 0.0710. The molecule has 0 atom stereocenters. The van der Waals surface area contributed by atoms with Crippen molar-refractivity contribution >= 4 is 23.3 Å². The highest BCUT2D eigenvalue weighted by atomic mass is 19.1. The second-order valence-electron chi connectivity index (χ2n) is 7.83. The summed E-state index contributed by atoms with van der Waals surface area (Å²) in [5, 5.41) is 5.46. The molecule has 0 unspecified atom stereocenters. The summed E-state index contributed by atoms with van der Waals surface area (Å²) >= 11 is 0. The molecule has 2 aromatic rings. The van der Waals surface area contributed by atoms with Crippen molar-refractivity contribution in [3.05, 3.63) is 46.8 Å². The largest absolute Gasteiger partial charge is 0.381 e. The summed E-state index contributed by atoms with van der Waals surface area (Å²) in [5.41, 5.74) is 1.75. The van der Waals surface area contributed by atoms with Gasteiger partial charge in [-0.2, -0.15) is 4.39 Å². The molecule has 1 saturated carbocycles. The zero-order valence-corrected chi connectivity index (χ0v) is 18.1. The van der Waals surface area contributed by atoms with Crippen LogP contribution in [-0.4, -0.2) is 46.4 Å². The van der Waals surface area contributed by atoms with E-state index in [4.69, 9.17) is 4.74 Å². The van der Waals surface area contributed by atoms with Crippen molar-refractivity contribution in [1.82, 2.24) is 14.9 Å². The number of ketones is 1. The molecule has 0 saturated heterocycles. The van der Waals surface area contributed by atoms with Crippen LogP contribution in [0, 0.1) is 19.8 Å². The average molecular weight is 430 g/mol. The topological polar surface area (TPSA) is 102 Å². The number of pyridine rings is 1. The Bertz CT molecular complexity index is 992. The third-order valence-corrected chi connectivity index (χ3v) is 5.91. The zero-order chi connectivity index (χ0) is 22.7. The number of ether oxygens (including phenoxy) is 1. The lowest BCUT2D eigenvalue weighted by Crippen LogP contribution is -2.42. The van der Waals surface area contributed by atoms with E-state index in [0.29, 0.717) is 22.5 Å². The minimum Gasteiger partial charge on any atom is -0.381 e. The van der Waals surface area contributed by atoms with Gasteiger partial charge in [0.1, 0.15) is 0 Å². The summed E-state index contributed by atoms with van der Waals surface area (Å²) in [5.74, 6) is -2.48. The molecule has 31 heavy (non-hydrogen) atoms. The molecule has 3 rings (SSSR count). The van der Waals surface area contributed by atoms with Crippen molar-refractivity contribution in [2.24, 2.45) is 7.05 Å². The number of rotatable bonds is 6. The van der Waals surface area contributed by atoms with Crippen LogP contribution in [0.15, 0.2) is 18.3 Å². The monoisotopic (exact) mass is 430 g/mol. The molecule has 8 nitrogen and oxygen atoms in total. The molecule has 0 radical (unpaired) electrons. The number of hydrogen-bond donors (Lipinski definition) is 2. The first-order chi connectivity index (χ1) is 14.7. The maximum Gasteiger partial charge on any atom is 0.294 e. The molecule has 0 bridgehead atoms. The molecule has 0 aromatic carbocycles. The lowest BCUT2D eigenvalue weighted by atomic mass is 9.93. The average Bonchev–Trinajstić information content (AvgIpc) is 2.98. The van der Waals surface area contributed by atoms with Gasteiger partial charge in [-0.3, -0.25) is 14.4 Å². The van der Waals surface area contributed by atoms with Crippen molar-refractivity contribution in [3.63, 3.8) is 0 Å².